The summed E-state index contributed by atoms with van der Waals surface area (Å²) >= 11 is 3.37. The van der Waals surface area contributed by atoms with Crippen LogP contribution in [0.15, 0.2) is 46.4 Å². The Kier molecular flexibility index (Phi) is 7.67. The van der Waals surface area contributed by atoms with Crippen LogP contribution in [0.1, 0.15) is 12.5 Å². The molecule has 11 heteroatoms. The number of carbonyl (C=O) groups is 4. The normalized spacial score (nSPS) is 13.1. The maximum atomic E-state index is 12.4. The number of carbonyl (C=O) groups excluding carboxylic acids is 4. The van der Waals surface area contributed by atoms with E-state index in [-0.39, 0.29) is 23.7 Å². The lowest BCUT2D eigenvalue weighted by molar-refractivity contribution is -0.124. The van der Waals surface area contributed by atoms with Crippen LogP contribution in [0, 0.1) is 0 Å². The predicted octanol–water partition coefficient (Wildman–Crippen LogP) is 2.62. The molecule has 0 spiro atoms. The SMILES string of the molecule is CCOc1cc(C=C2C(=O)NC(=O)NC2=O)cc(Br)c1OCC(=O)Nc1ccccc1OC. The number of amides is 5. The first-order chi connectivity index (χ1) is 15.8. The highest BCUT2D eigenvalue weighted by atomic mass is 79.9. The number of benzene rings is 2. The molecule has 1 aliphatic rings. The summed E-state index contributed by atoms with van der Waals surface area (Å²) in [6, 6.07) is 9.21. The second kappa shape index (κ2) is 10.6. The second-order valence-electron chi connectivity index (χ2n) is 6.60. The van der Waals surface area contributed by atoms with Crippen LogP contribution in [0.2, 0.25) is 0 Å². The molecular formula is C22H20BrN3O7. The fraction of sp³-hybridized carbons (Fsp3) is 0.182. The van der Waals surface area contributed by atoms with E-state index in [1.807, 2.05) is 10.6 Å². The number of nitrogens with one attached hydrogen (secondary N) is 3. The van der Waals surface area contributed by atoms with Crippen molar-refractivity contribution in [1.82, 2.24) is 10.6 Å². The van der Waals surface area contributed by atoms with Gasteiger partial charge in [-0.25, -0.2) is 4.79 Å². The molecule has 0 aromatic heterocycles. The zero-order valence-corrected chi connectivity index (χ0v) is 19.3. The van der Waals surface area contributed by atoms with Crippen molar-refractivity contribution in [3.05, 3.63) is 52.0 Å². The summed E-state index contributed by atoms with van der Waals surface area (Å²) in [4.78, 5) is 47.6. The van der Waals surface area contributed by atoms with Gasteiger partial charge < -0.3 is 19.5 Å². The van der Waals surface area contributed by atoms with Gasteiger partial charge in [0.2, 0.25) is 0 Å². The molecule has 2 aromatic carbocycles. The quantitative estimate of drug-likeness (QED) is 0.362. The minimum atomic E-state index is -0.881. The van der Waals surface area contributed by atoms with Crippen molar-refractivity contribution in [1.29, 1.82) is 0 Å². The smallest absolute Gasteiger partial charge is 0.328 e. The van der Waals surface area contributed by atoms with Crippen molar-refractivity contribution < 1.29 is 33.4 Å². The van der Waals surface area contributed by atoms with E-state index >= 15 is 0 Å². The molecule has 33 heavy (non-hydrogen) atoms. The first-order valence-corrected chi connectivity index (χ1v) is 10.5. The topological polar surface area (TPSA) is 132 Å². The van der Waals surface area contributed by atoms with Gasteiger partial charge in [-0.05, 0) is 58.8 Å². The van der Waals surface area contributed by atoms with Gasteiger partial charge in [0.05, 0.1) is 23.9 Å². The lowest BCUT2D eigenvalue weighted by Gasteiger charge is -2.16. The number of para-hydroxylation sites is 2. The van der Waals surface area contributed by atoms with Crippen LogP contribution in [-0.4, -0.2) is 44.1 Å². The summed E-state index contributed by atoms with van der Waals surface area (Å²) < 4.78 is 16.9. The summed E-state index contributed by atoms with van der Waals surface area (Å²) in [6.07, 6.45) is 1.31. The van der Waals surface area contributed by atoms with E-state index in [0.717, 1.165) is 0 Å². The molecule has 0 atom stereocenters. The first kappa shape index (κ1) is 23.8. The van der Waals surface area contributed by atoms with E-state index in [1.54, 1.807) is 43.3 Å². The van der Waals surface area contributed by atoms with Crippen LogP contribution < -0.4 is 30.2 Å². The number of barbiturate groups is 1. The maximum absolute atomic E-state index is 12.4. The molecule has 0 bridgehead atoms. The minimum absolute atomic E-state index is 0.242. The maximum Gasteiger partial charge on any atom is 0.328 e. The number of halogens is 1. The molecule has 1 saturated heterocycles. The highest BCUT2D eigenvalue weighted by Crippen LogP contribution is 2.37. The molecule has 1 aliphatic heterocycles. The fourth-order valence-electron chi connectivity index (χ4n) is 2.92. The first-order valence-electron chi connectivity index (χ1n) is 9.72. The van der Waals surface area contributed by atoms with Crippen molar-refractivity contribution in [2.75, 3.05) is 25.6 Å². The van der Waals surface area contributed by atoms with Gasteiger partial charge in [-0.3, -0.25) is 25.0 Å². The molecule has 1 fully saturated rings. The lowest BCUT2D eigenvalue weighted by Crippen LogP contribution is -2.51. The molecule has 0 radical (unpaired) electrons. The Balaban J connectivity index is 1.79. The van der Waals surface area contributed by atoms with Gasteiger partial charge in [0.25, 0.3) is 17.7 Å². The minimum Gasteiger partial charge on any atom is -0.495 e. The van der Waals surface area contributed by atoms with Gasteiger partial charge in [-0.1, -0.05) is 12.1 Å². The molecule has 0 saturated carbocycles. The number of hydrogen-bond donors (Lipinski definition) is 3. The number of methoxy groups -OCH3 is 1. The molecule has 3 N–H and O–H groups in total. The Bertz CT molecular complexity index is 1120. The van der Waals surface area contributed by atoms with Crippen LogP contribution in [0.3, 0.4) is 0 Å². The van der Waals surface area contributed by atoms with E-state index in [0.29, 0.717) is 28.1 Å². The Morgan fingerprint density at radius 1 is 1.06 bits per heavy atom. The van der Waals surface area contributed by atoms with Crippen LogP contribution in [0.5, 0.6) is 17.2 Å². The Hall–Kier alpha value is -3.86. The summed E-state index contributed by atoms with van der Waals surface area (Å²) in [5, 5.41) is 6.73. The zero-order valence-electron chi connectivity index (χ0n) is 17.7. The average Bonchev–Trinajstić information content (AvgIpc) is 2.76. The fourth-order valence-corrected chi connectivity index (χ4v) is 3.49. The van der Waals surface area contributed by atoms with Gasteiger partial charge in [-0.15, -0.1) is 0 Å². The molecule has 0 unspecified atom stereocenters. The molecular weight excluding hydrogens is 498 g/mol. The largest absolute Gasteiger partial charge is 0.495 e. The van der Waals surface area contributed by atoms with Crippen LogP contribution in [-0.2, 0) is 14.4 Å². The van der Waals surface area contributed by atoms with Gasteiger partial charge >= 0.3 is 6.03 Å². The molecule has 10 nitrogen and oxygen atoms in total. The lowest BCUT2D eigenvalue weighted by atomic mass is 10.1. The number of imide groups is 2. The van der Waals surface area contributed by atoms with Crippen molar-refractivity contribution in [3.63, 3.8) is 0 Å². The van der Waals surface area contributed by atoms with E-state index in [9.17, 15) is 19.2 Å². The van der Waals surface area contributed by atoms with Crippen molar-refractivity contribution in [2.24, 2.45) is 0 Å². The van der Waals surface area contributed by atoms with Crippen LogP contribution >= 0.6 is 15.9 Å². The summed E-state index contributed by atoms with van der Waals surface area (Å²) in [5.74, 6) is -0.979. The van der Waals surface area contributed by atoms with Crippen molar-refractivity contribution in [3.8, 4) is 17.2 Å². The highest BCUT2D eigenvalue weighted by molar-refractivity contribution is 9.10. The highest BCUT2D eigenvalue weighted by Gasteiger charge is 2.28. The monoisotopic (exact) mass is 517 g/mol. The van der Waals surface area contributed by atoms with E-state index < -0.39 is 23.8 Å². The number of hydrogen-bond acceptors (Lipinski definition) is 7. The molecule has 0 aliphatic carbocycles. The Morgan fingerprint density at radius 3 is 2.42 bits per heavy atom. The third kappa shape index (κ3) is 5.89. The summed E-state index contributed by atoms with van der Waals surface area (Å²) in [7, 11) is 1.50. The van der Waals surface area contributed by atoms with Crippen LogP contribution in [0.4, 0.5) is 10.5 Å². The Labute approximate surface area is 197 Å². The standard InChI is InChI=1S/C22H20BrN3O7/c1-3-32-17-10-12(8-13-20(28)25-22(30)26-21(13)29)9-14(23)19(17)33-11-18(27)24-15-6-4-5-7-16(15)31-2/h4-10H,3,11H2,1-2H3,(H,24,27)(H2,25,26,28,29,30). The molecule has 5 amide bonds. The number of urea groups is 1. The van der Waals surface area contributed by atoms with E-state index in [1.165, 1.54) is 13.2 Å². The molecule has 1 heterocycles. The van der Waals surface area contributed by atoms with Crippen LogP contribution in [0.25, 0.3) is 6.08 Å². The number of anilines is 1. The van der Waals surface area contributed by atoms with Gasteiger partial charge in [0, 0.05) is 0 Å². The molecule has 3 rings (SSSR count). The zero-order chi connectivity index (χ0) is 24.0. The summed E-state index contributed by atoms with van der Waals surface area (Å²) in [5.41, 5.74) is 0.696. The predicted molar refractivity (Wildman–Crippen MR) is 122 cm³/mol. The van der Waals surface area contributed by atoms with Crippen molar-refractivity contribution >= 4 is 51.4 Å². The van der Waals surface area contributed by atoms with Gasteiger partial charge in [-0.2, -0.15) is 0 Å². The molecule has 2 aromatic rings. The van der Waals surface area contributed by atoms with Crippen molar-refractivity contribution in [2.45, 2.75) is 6.92 Å². The molecule has 172 valence electrons. The average molecular weight is 518 g/mol. The number of rotatable bonds is 8. The third-order valence-corrected chi connectivity index (χ3v) is 4.90. The van der Waals surface area contributed by atoms with Gasteiger partial charge in [0.15, 0.2) is 18.1 Å². The second-order valence-corrected chi connectivity index (χ2v) is 7.45. The van der Waals surface area contributed by atoms with E-state index in [2.05, 4.69) is 21.2 Å². The number of ether oxygens (including phenoxy) is 3. The third-order valence-electron chi connectivity index (χ3n) is 4.31. The Morgan fingerprint density at radius 2 is 1.76 bits per heavy atom. The summed E-state index contributed by atoms with van der Waals surface area (Å²) in [6.45, 7) is 1.75. The van der Waals surface area contributed by atoms with E-state index in [4.69, 9.17) is 14.2 Å². The van der Waals surface area contributed by atoms with Gasteiger partial charge in [0.1, 0.15) is 11.3 Å².